The van der Waals surface area contributed by atoms with Crippen molar-refractivity contribution in [2.24, 2.45) is 0 Å². The highest BCUT2D eigenvalue weighted by Crippen LogP contribution is 2.31. The summed E-state index contributed by atoms with van der Waals surface area (Å²) in [5.41, 5.74) is 7.58. The molecule has 4 aromatic rings. The summed E-state index contributed by atoms with van der Waals surface area (Å²) in [6.45, 7) is 0. The average Bonchev–Trinajstić information content (AvgIpc) is 2.98. The highest BCUT2D eigenvalue weighted by Gasteiger charge is 2.15. The first-order valence-corrected chi connectivity index (χ1v) is 7.00. The second-order valence-electron chi connectivity index (χ2n) is 5.29. The summed E-state index contributed by atoms with van der Waals surface area (Å²) in [5, 5.41) is 9.84. The van der Waals surface area contributed by atoms with Gasteiger partial charge in [-0.2, -0.15) is 5.26 Å². The van der Waals surface area contributed by atoms with E-state index in [9.17, 15) is 8.78 Å². The number of halogens is 2. The molecule has 0 spiro atoms. The normalized spacial score (nSPS) is 11.0. The van der Waals surface area contributed by atoms with E-state index in [1.807, 2.05) is 6.07 Å². The lowest BCUT2D eigenvalue weighted by Gasteiger charge is -2.05. The van der Waals surface area contributed by atoms with Gasteiger partial charge in [0, 0.05) is 28.6 Å². The van der Waals surface area contributed by atoms with Crippen LogP contribution in [0.1, 0.15) is 5.56 Å². The zero-order chi connectivity index (χ0) is 16.8. The third-order valence-corrected chi connectivity index (χ3v) is 3.80. The summed E-state index contributed by atoms with van der Waals surface area (Å²) >= 11 is 0. The lowest BCUT2D eigenvalue weighted by Crippen LogP contribution is -1.98. The summed E-state index contributed by atoms with van der Waals surface area (Å²) in [6.07, 6.45) is 1.51. The molecule has 0 unspecified atom stereocenters. The van der Waals surface area contributed by atoms with Crippen LogP contribution in [-0.2, 0) is 0 Å². The predicted molar refractivity (Wildman–Crippen MR) is 85.9 cm³/mol. The highest BCUT2D eigenvalue weighted by atomic mass is 19.1. The van der Waals surface area contributed by atoms with Crippen molar-refractivity contribution < 1.29 is 8.78 Å². The first-order chi connectivity index (χ1) is 11.6. The molecule has 116 valence electrons. The van der Waals surface area contributed by atoms with Crippen molar-refractivity contribution in [1.82, 2.24) is 15.0 Å². The zero-order valence-corrected chi connectivity index (χ0v) is 12.1. The van der Waals surface area contributed by atoms with Crippen LogP contribution in [0.2, 0.25) is 0 Å². The first-order valence-electron chi connectivity index (χ1n) is 7.00. The third-order valence-electron chi connectivity index (χ3n) is 3.80. The van der Waals surface area contributed by atoms with E-state index in [2.05, 4.69) is 15.0 Å². The molecule has 0 fully saturated rings. The standard InChI is InChI=1S/C17H9F2N5/c18-9-4-10-12(7-22-15(10)13(19)5-9)17-23-14-2-1-8(6-20)3-11(14)16(21)24-17/h1-5,7,22H,(H2,21,23,24). The number of rotatable bonds is 1. The molecule has 0 amide bonds. The lowest BCUT2D eigenvalue weighted by molar-refractivity contribution is 0.591. The largest absolute Gasteiger partial charge is 0.383 e. The van der Waals surface area contributed by atoms with Crippen LogP contribution in [0.4, 0.5) is 14.6 Å². The topological polar surface area (TPSA) is 91.4 Å². The number of nitrogens with one attached hydrogen (secondary N) is 1. The molecule has 0 atom stereocenters. The number of nitrogens with zero attached hydrogens (tertiary/aromatic N) is 3. The van der Waals surface area contributed by atoms with E-state index in [0.29, 0.717) is 27.4 Å². The molecule has 7 heteroatoms. The quantitative estimate of drug-likeness (QED) is 0.561. The van der Waals surface area contributed by atoms with Crippen LogP contribution < -0.4 is 5.73 Å². The van der Waals surface area contributed by atoms with Gasteiger partial charge in [0.15, 0.2) is 5.82 Å². The number of aromatic amines is 1. The van der Waals surface area contributed by atoms with Crippen molar-refractivity contribution in [3.8, 4) is 17.5 Å². The van der Waals surface area contributed by atoms with E-state index >= 15 is 0 Å². The molecule has 2 aromatic carbocycles. The second-order valence-corrected chi connectivity index (χ2v) is 5.29. The van der Waals surface area contributed by atoms with E-state index in [1.54, 1.807) is 18.2 Å². The van der Waals surface area contributed by atoms with Crippen LogP contribution in [-0.4, -0.2) is 15.0 Å². The summed E-state index contributed by atoms with van der Waals surface area (Å²) in [4.78, 5) is 11.4. The number of fused-ring (bicyclic) bond motifs is 2. The molecular formula is C17H9F2N5. The van der Waals surface area contributed by atoms with Crippen molar-refractivity contribution in [1.29, 1.82) is 5.26 Å². The van der Waals surface area contributed by atoms with Gasteiger partial charge in [0.2, 0.25) is 0 Å². The fraction of sp³-hybridized carbons (Fsp3) is 0. The van der Waals surface area contributed by atoms with Crippen molar-refractivity contribution in [2.45, 2.75) is 0 Å². The maximum absolute atomic E-state index is 13.8. The minimum Gasteiger partial charge on any atom is -0.383 e. The minimum atomic E-state index is -0.691. The maximum Gasteiger partial charge on any atom is 0.164 e. The predicted octanol–water partition coefficient (Wildman–Crippen LogP) is 3.51. The Hall–Kier alpha value is -3.53. The van der Waals surface area contributed by atoms with Gasteiger partial charge < -0.3 is 10.7 Å². The van der Waals surface area contributed by atoms with Gasteiger partial charge >= 0.3 is 0 Å². The summed E-state index contributed by atoms with van der Waals surface area (Å²) < 4.78 is 27.4. The van der Waals surface area contributed by atoms with Gasteiger partial charge in [-0.3, -0.25) is 0 Å². The Morgan fingerprint density at radius 3 is 2.71 bits per heavy atom. The summed E-state index contributed by atoms with van der Waals surface area (Å²) in [7, 11) is 0. The van der Waals surface area contributed by atoms with E-state index < -0.39 is 11.6 Å². The Balaban J connectivity index is 1.99. The monoisotopic (exact) mass is 321 g/mol. The molecule has 0 radical (unpaired) electrons. The Kier molecular flexibility index (Phi) is 2.93. The fourth-order valence-electron chi connectivity index (χ4n) is 2.68. The van der Waals surface area contributed by atoms with Gasteiger partial charge in [-0.25, -0.2) is 18.7 Å². The summed E-state index contributed by atoms with van der Waals surface area (Å²) in [5.74, 6) is -0.934. The third kappa shape index (κ3) is 2.05. The Labute approximate surface area is 134 Å². The fourth-order valence-corrected chi connectivity index (χ4v) is 2.68. The molecular weight excluding hydrogens is 312 g/mol. The van der Waals surface area contributed by atoms with Crippen LogP contribution in [0.5, 0.6) is 0 Å². The highest BCUT2D eigenvalue weighted by molar-refractivity contribution is 5.97. The summed E-state index contributed by atoms with van der Waals surface area (Å²) in [6, 6.07) is 8.92. The van der Waals surface area contributed by atoms with Gasteiger partial charge in [-0.15, -0.1) is 0 Å². The number of nitrogens with two attached hydrogens (primary N) is 1. The average molecular weight is 321 g/mol. The van der Waals surface area contributed by atoms with E-state index in [-0.39, 0.29) is 17.2 Å². The molecule has 0 bridgehead atoms. The van der Waals surface area contributed by atoms with Crippen LogP contribution in [0, 0.1) is 23.0 Å². The molecule has 0 aliphatic carbocycles. The van der Waals surface area contributed by atoms with Crippen LogP contribution in [0.15, 0.2) is 36.5 Å². The Bertz CT molecular complexity index is 1160. The molecule has 2 aromatic heterocycles. The molecule has 0 saturated carbocycles. The van der Waals surface area contributed by atoms with Gasteiger partial charge in [-0.05, 0) is 24.3 Å². The molecule has 3 N–H and O–H groups in total. The Morgan fingerprint density at radius 2 is 1.92 bits per heavy atom. The number of H-pyrrole nitrogens is 1. The molecule has 4 rings (SSSR count). The number of hydrogen-bond donors (Lipinski definition) is 2. The van der Waals surface area contributed by atoms with Crippen molar-refractivity contribution in [3.05, 3.63) is 53.7 Å². The van der Waals surface area contributed by atoms with Crippen molar-refractivity contribution >= 4 is 27.6 Å². The van der Waals surface area contributed by atoms with Gasteiger partial charge in [-0.1, -0.05) is 0 Å². The van der Waals surface area contributed by atoms with E-state index in [0.717, 1.165) is 6.07 Å². The van der Waals surface area contributed by atoms with Crippen molar-refractivity contribution in [3.63, 3.8) is 0 Å². The number of nitriles is 1. The molecule has 5 nitrogen and oxygen atoms in total. The maximum atomic E-state index is 13.8. The van der Waals surface area contributed by atoms with Crippen LogP contribution in [0.3, 0.4) is 0 Å². The lowest BCUT2D eigenvalue weighted by atomic mass is 10.1. The van der Waals surface area contributed by atoms with Crippen LogP contribution >= 0.6 is 0 Å². The minimum absolute atomic E-state index is 0.175. The van der Waals surface area contributed by atoms with E-state index in [4.69, 9.17) is 11.0 Å². The number of benzene rings is 2. The number of nitrogen functional groups attached to an aromatic ring is 1. The van der Waals surface area contributed by atoms with Gasteiger partial charge in [0.1, 0.15) is 17.5 Å². The number of anilines is 1. The molecule has 24 heavy (non-hydrogen) atoms. The van der Waals surface area contributed by atoms with Gasteiger partial charge in [0.05, 0.1) is 22.7 Å². The number of hydrogen-bond acceptors (Lipinski definition) is 4. The second kappa shape index (κ2) is 4.99. The van der Waals surface area contributed by atoms with Crippen molar-refractivity contribution in [2.75, 3.05) is 5.73 Å². The van der Waals surface area contributed by atoms with Crippen LogP contribution in [0.25, 0.3) is 33.2 Å². The molecule has 2 heterocycles. The molecule has 0 aliphatic rings. The molecule has 0 aliphatic heterocycles. The number of aromatic nitrogens is 3. The SMILES string of the molecule is N#Cc1ccc2nc(-c3c[nH]c4c(F)cc(F)cc34)nc(N)c2c1. The first kappa shape index (κ1) is 14.1. The van der Waals surface area contributed by atoms with Gasteiger partial charge in [0.25, 0.3) is 0 Å². The smallest absolute Gasteiger partial charge is 0.164 e. The Morgan fingerprint density at radius 1 is 1.08 bits per heavy atom. The molecule has 0 saturated heterocycles. The van der Waals surface area contributed by atoms with E-state index in [1.165, 1.54) is 12.3 Å². The zero-order valence-electron chi connectivity index (χ0n) is 12.1.